The molecule has 2 fully saturated rings. The molecule has 1 saturated carbocycles. The van der Waals surface area contributed by atoms with Crippen LogP contribution in [0, 0.1) is 11.8 Å². The van der Waals surface area contributed by atoms with E-state index < -0.39 is 0 Å². The van der Waals surface area contributed by atoms with Gasteiger partial charge in [0.15, 0.2) is 0 Å². The van der Waals surface area contributed by atoms with E-state index in [0.717, 1.165) is 31.2 Å². The number of carbonyl (C=O) groups is 2. The maximum Gasteiger partial charge on any atom is 0.237 e. The van der Waals surface area contributed by atoms with Crippen molar-refractivity contribution in [2.24, 2.45) is 17.6 Å². The number of carbonyl (C=O) groups excluding carboxylic acids is 2. The molecule has 2 aliphatic rings. The predicted octanol–water partition coefficient (Wildman–Crippen LogP) is 2.39. The van der Waals surface area contributed by atoms with Gasteiger partial charge in [0.1, 0.15) is 0 Å². The van der Waals surface area contributed by atoms with Crippen molar-refractivity contribution in [1.82, 2.24) is 0 Å². The second-order valence-corrected chi connectivity index (χ2v) is 5.86. The summed E-state index contributed by atoms with van der Waals surface area (Å²) in [4.78, 5) is 26.6. The number of fused-ring (bicyclic) bond motifs is 1. The number of nitrogens with zero attached hydrogens (tertiary/aromatic N) is 1. The van der Waals surface area contributed by atoms with Crippen molar-refractivity contribution in [3.05, 3.63) is 29.8 Å². The average molecular weight is 272 g/mol. The third-order valence-corrected chi connectivity index (χ3v) is 4.51. The first-order valence-corrected chi connectivity index (χ1v) is 7.33. The third-order valence-electron chi connectivity index (χ3n) is 4.51. The van der Waals surface area contributed by atoms with E-state index in [4.69, 9.17) is 5.73 Å². The van der Waals surface area contributed by atoms with Gasteiger partial charge in [-0.15, -0.1) is 0 Å². The van der Waals surface area contributed by atoms with Crippen molar-refractivity contribution in [3.63, 3.8) is 0 Å². The lowest BCUT2D eigenvalue weighted by molar-refractivity contribution is -0.122. The molecule has 1 aliphatic carbocycles. The van der Waals surface area contributed by atoms with Gasteiger partial charge >= 0.3 is 0 Å². The zero-order valence-electron chi connectivity index (χ0n) is 11.7. The molecule has 4 nitrogen and oxygen atoms in total. The SMILES string of the molecule is CC(N)c1ccccc1N1C(=O)C2CCCCC2C1=O. The Morgan fingerprint density at radius 3 is 2.20 bits per heavy atom. The summed E-state index contributed by atoms with van der Waals surface area (Å²) < 4.78 is 0. The van der Waals surface area contributed by atoms with Gasteiger partial charge in [-0.05, 0) is 31.4 Å². The number of para-hydroxylation sites is 1. The summed E-state index contributed by atoms with van der Waals surface area (Å²) in [6, 6.07) is 7.26. The monoisotopic (exact) mass is 272 g/mol. The van der Waals surface area contributed by atoms with Crippen LogP contribution in [0.5, 0.6) is 0 Å². The normalized spacial score (nSPS) is 27.6. The number of hydrogen-bond acceptors (Lipinski definition) is 3. The van der Waals surface area contributed by atoms with Gasteiger partial charge in [-0.2, -0.15) is 0 Å². The van der Waals surface area contributed by atoms with E-state index in [9.17, 15) is 9.59 Å². The lowest BCUT2D eigenvalue weighted by Gasteiger charge is -2.20. The van der Waals surface area contributed by atoms with Crippen LogP contribution in [0.4, 0.5) is 5.69 Å². The van der Waals surface area contributed by atoms with Gasteiger partial charge in [-0.25, -0.2) is 4.90 Å². The summed E-state index contributed by atoms with van der Waals surface area (Å²) in [5, 5.41) is 0. The van der Waals surface area contributed by atoms with Crippen molar-refractivity contribution in [2.75, 3.05) is 4.90 Å². The highest BCUT2D eigenvalue weighted by Gasteiger charge is 2.49. The number of amides is 2. The maximum atomic E-state index is 12.6. The largest absolute Gasteiger partial charge is 0.324 e. The number of benzene rings is 1. The van der Waals surface area contributed by atoms with Crippen molar-refractivity contribution in [3.8, 4) is 0 Å². The second kappa shape index (κ2) is 5.02. The molecule has 1 saturated heterocycles. The molecule has 0 bridgehead atoms. The molecule has 3 rings (SSSR count). The van der Waals surface area contributed by atoms with Crippen molar-refractivity contribution < 1.29 is 9.59 Å². The third kappa shape index (κ3) is 1.95. The van der Waals surface area contributed by atoms with Crippen LogP contribution in [0.1, 0.15) is 44.2 Å². The molecule has 20 heavy (non-hydrogen) atoms. The lowest BCUT2D eigenvalue weighted by atomic mass is 9.81. The van der Waals surface area contributed by atoms with Gasteiger partial charge in [0, 0.05) is 6.04 Å². The van der Waals surface area contributed by atoms with Crippen LogP contribution in [-0.2, 0) is 9.59 Å². The van der Waals surface area contributed by atoms with Gasteiger partial charge in [-0.3, -0.25) is 9.59 Å². The van der Waals surface area contributed by atoms with Gasteiger partial charge < -0.3 is 5.73 Å². The second-order valence-electron chi connectivity index (χ2n) is 5.86. The smallest absolute Gasteiger partial charge is 0.237 e. The summed E-state index contributed by atoms with van der Waals surface area (Å²) in [6.45, 7) is 1.87. The zero-order valence-corrected chi connectivity index (χ0v) is 11.7. The first-order chi connectivity index (χ1) is 9.61. The summed E-state index contributed by atoms with van der Waals surface area (Å²) in [5.41, 5.74) is 7.50. The molecule has 3 atom stereocenters. The highest BCUT2D eigenvalue weighted by atomic mass is 16.2. The Bertz CT molecular complexity index is 529. The maximum absolute atomic E-state index is 12.6. The van der Waals surface area contributed by atoms with E-state index in [0.29, 0.717) is 5.69 Å². The fourth-order valence-corrected chi connectivity index (χ4v) is 3.48. The molecule has 3 unspecified atom stereocenters. The molecule has 1 aliphatic heterocycles. The lowest BCUT2D eigenvalue weighted by Crippen LogP contribution is -2.32. The highest BCUT2D eigenvalue weighted by Crippen LogP contribution is 2.41. The quantitative estimate of drug-likeness (QED) is 0.841. The standard InChI is InChI=1S/C16H20N2O2/c1-10(17)11-6-4-5-9-14(11)18-15(19)12-7-2-3-8-13(12)16(18)20/h4-6,9-10,12-13H,2-3,7-8,17H2,1H3. The molecule has 0 spiro atoms. The highest BCUT2D eigenvalue weighted by molar-refractivity contribution is 6.22. The Hall–Kier alpha value is -1.68. The Kier molecular flexibility index (Phi) is 3.34. The summed E-state index contributed by atoms with van der Waals surface area (Å²) >= 11 is 0. The van der Waals surface area contributed by atoms with E-state index in [1.165, 1.54) is 4.90 Å². The Morgan fingerprint density at radius 2 is 1.65 bits per heavy atom. The average Bonchev–Trinajstić information content (AvgIpc) is 2.71. The first-order valence-electron chi connectivity index (χ1n) is 7.33. The predicted molar refractivity (Wildman–Crippen MR) is 77.0 cm³/mol. The molecule has 0 aromatic heterocycles. The van der Waals surface area contributed by atoms with Crippen molar-refractivity contribution in [1.29, 1.82) is 0 Å². The molecule has 1 aromatic rings. The van der Waals surface area contributed by atoms with Crippen LogP contribution < -0.4 is 10.6 Å². The zero-order chi connectivity index (χ0) is 14.3. The van der Waals surface area contributed by atoms with Gasteiger partial charge in [0.2, 0.25) is 11.8 Å². The van der Waals surface area contributed by atoms with Crippen LogP contribution in [0.25, 0.3) is 0 Å². The minimum absolute atomic E-state index is 0.0344. The van der Waals surface area contributed by atoms with Gasteiger partial charge in [-0.1, -0.05) is 31.0 Å². The van der Waals surface area contributed by atoms with E-state index in [2.05, 4.69) is 0 Å². The van der Waals surface area contributed by atoms with Crippen LogP contribution >= 0.6 is 0 Å². The number of imide groups is 1. The fraction of sp³-hybridized carbons (Fsp3) is 0.500. The minimum atomic E-state index is -0.200. The molecular formula is C16H20N2O2. The van der Waals surface area contributed by atoms with Crippen LogP contribution in [0.2, 0.25) is 0 Å². The molecule has 2 N–H and O–H groups in total. The Labute approximate surface area is 118 Å². The molecule has 4 heteroatoms. The minimum Gasteiger partial charge on any atom is -0.324 e. The summed E-state index contributed by atoms with van der Waals surface area (Å²) in [5.74, 6) is -0.296. The number of anilines is 1. The molecule has 0 radical (unpaired) electrons. The van der Waals surface area contributed by atoms with Crippen molar-refractivity contribution in [2.45, 2.75) is 38.6 Å². The van der Waals surface area contributed by atoms with Crippen LogP contribution in [0.3, 0.4) is 0 Å². The molecule has 2 amide bonds. The summed E-state index contributed by atoms with van der Waals surface area (Å²) in [6.07, 6.45) is 3.77. The van der Waals surface area contributed by atoms with E-state index in [1.807, 2.05) is 31.2 Å². The van der Waals surface area contributed by atoms with Gasteiger partial charge in [0.05, 0.1) is 17.5 Å². The molecule has 1 heterocycles. The topological polar surface area (TPSA) is 63.4 Å². The molecule has 1 aromatic carbocycles. The van der Waals surface area contributed by atoms with E-state index in [-0.39, 0.29) is 29.7 Å². The van der Waals surface area contributed by atoms with E-state index >= 15 is 0 Å². The Morgan fingerprint density at radius 1 is 1.10 bits per heavy atom. The number of nitrogens with two attached hydrogens (primary N) is 1. The molecule has 106 valence electrons. The van der Waals surface area contributed by atoms with Crippen molar-refractivity contribution >= 4 is 17.5 Å². The van der Waals surface area contributed by atoms with Gasteiger partial charge in [0.25, 0.3) is 0 Å². The number of hydrogen-bond donors (Lipinski definition) is 1. The van der Waals surface area contributed by atoms with Crippen LogP contribution in [-0.4, -0.2) is 11.8 Å². The van der Waals surface area contributed by atoms with Crippen LogP contribution in [0.15, 0.2) is 24.3 Å². The molecular weight excluding hydrogens is 252 g/mol. The Balaban J connectivity index is 2.02. The summed E-state index contributed by atoms with van der Waals surface area (Å²) in [7, 11) is 0. The number of rotatable bonds is 2. The fourth-order valence-electron chi connectivity index (χ4n) is 3.48. The van der Waals surface area contributed by atoms with E-state index in [1.54, 1.807) is 0 Å². The first kappa shape index (κ1) is 13.3.